The molecule has 0 spiro atoms. The molecule has 7 heteroatoms. The van der Waals surface area contributed by atoms with Gasteiger partial charge in [-0.05, 0) is 24.3 Å². The number of aliphatic hydroxyl groups is 1. The van der Waals surface area contributed by atoms with Gasteiger partial charge in [0.1, 0.15) is 11.9 Å². The number of benzene rings is 1. The van der Waals surface area contributed by atoms with Crippen LogP contribution in [-0.4, -0.2) is 22.5 Å². The highest BCUT2D eigenvalue weighted by Gasteiger charge is 2.13. The van der Waals surface area contributed by atoms with Gasteiger partial charge in [-0.2, -0.15) is 0 Å². The standard InChI is InChI=1S/C18H17ClN2O4/c19-13-5-2-1-4-12(13)16-11-21-18(25-16)8-7-17(23)20-10-14(22)15-6-3-9-24-15/h1-6,9,11,14,22H,7-8,10H2,(H,20,23). The Kier molecular flexibility index (Phi) is 5.53. The summed E-state index contributed by atoms with van der Waals surface area (Å²) in [5, 5.41) is 13.1. The SMILES string of the molecule is O=C(CCc1ncc(-c2ccccc2Cl)o1)NCC(O)c1ccco1. The number of nitrogens with zero attached hydrogens (tertiary/aromatic N) is 1. The van der Waals surface area contributed by atoms with E-state index in [-0.39, 0.29) is 18.9 Å². The summed E-state index contributed by atoms with van der Waals surface area (Å²) in [4.78, 5) is 16.0. The third-order valence-corrected chi connectivity index (χ3v) is 3.95. The summed E-state index contributed by atoms with van der Waals surface area (Å²) in [6, 6.07) is 10.7. The van der Waals surface area contributed by atoms with Gasteiger partial charge in [0.2, 0.25) is 5.91 Å². The molecule has 1 aromatic carbocycles. The number of hydrogen-bond donors (Lipinski definition) is 2. The number of amides is 1. The summed E-state index contributed by atoms with van der Waals surface area (Å²) >= 11 is 6.13. The summed E-state index contributed by atoms with van der Waals surface area (Å²) < 4.78 is 10.7. The molecule has 25 heavy (non-hydrogen) atoms. The molecule has 0 bridgehead atoms. The Balaban J connectivity index is 1.49. The predicted octanol–water partition coefficient (Wildman–Crippen LogP) is 3.37. The number of aryl methyl sites for hydroxylation is 1. The van der Waals surface area contributed by atoms with E-state index in [4.69, 9.17) is 20.4 Å². The molecule has 3 rings (SSSR count). The summed E-state index contributed by atoms with van der Waals surface area (Å²) in [5.74, 6) is 1.23. The van der Waals surface area contributed by atoms with Crippen LogP contribution in [0.3, 0.4) is 0 Å². The van der Waals surface area contributed by atoms with Crippen LogP contribution in [-0.2, 0) is 11.2 Å². The molecule has 2 aromatic heterocycles. The molecule has 0 aliphatic heterocycles. The van der Waals surface area contributed by atoms with Gasteiger partial charge in [-0.3, -0.25) is 4.79 Å². The Morgan fingerprint density at radius 2 is 2.12 bits per heavy atom. The van der Waals surface area contributed by atoms with Gasteiger partial charge in [-0.1, -0.05) is 23.7 Å². The Labute approximate surface area is 149 Å². The lowest BCUT2D eigenvalue weighted by Crippen LogP contribution is -2.28. The fraction of sp³-hybridized carbons (Fsp3) is 0.222. The van der Waals surface area contributed by atoms with Crippen molar-refractivity contribution in [3.63, 3.8) is 0 Å². The molecule has 6 nitrogen and oxygen atoms in total. The maximum Gasteiger partial charge on any atom is 0.220 e. The molecule has 0 fully saturated rings. The van der Waals surface area contributed by atoms with E-state index in [2.05, 4.69) is 10.3 Å². The van der Waals surface area contributed by atoms with Crippen LogP contribution in [0.25, 0.3) is 11.3 Å². The van der Waals surface area contributed by atoms with Crippen molar-refractivity contribution in [2.45, 2.75) is 18.9 Å². The largest absolute Gasteiger partial charge is 0.467 e. The van der Waals surface area contributed by atoms with Crippen molar-refractivity contribution in [3.05, 3.63) is 65.5 Å². The van der Waals surface area contributed by atoms with Crippen molar-refractivity contribution < 1.29 is 18.7 Å². The molecular formula is C18H17ClN2O4. The summed E-state index contributed by atoms with van der Waals surface area (Å²) in [7, 11) is 0. The van der Waals surface area contributed by atoms with Crippen LogP contribution < -0.4 is 5.32 Å². The van der Waals surface area contributed by atoms with E-state index >= 15 is 0 Å². The number of carbonyl (C=O) groups excluding carboxylic acids is 1. The molecule has 130 valence electrons. The Hall–Kier alpha value is -2.57. The van der Waals surface area contributed by atoms with Crippen LogP contribution in [0.2, 0.25) is 5.02 Å². The van der Waals surface area contributed by atoms with Gasteiger partial charge < -0.3 is 19.3 Å². The van der Waals surface area contributed by atoms with Crippen LogP contribution >= 0.6 is 11.6 Å². The minimum Gasteiger partial charge on any atom is -0.467 e. The molecule has 1 amide bonds. The number of rotatable bonds is 7. The molecule has 0 saturated heterocycles. The van der Waals surface area contributed by atoms with E-state index in [1.807, 2.05) is 18.2 Å². The van der Waals surface area contributed by atoms with Gasteiger partial charge >= 0.3 is 0 Å². The van der Waals surface area contributed by atoms with Crippen molar-refractivity contribution >= 4 is 17.5 Å². The predicted molar refractivity (Wildman–Crippen MR) is 91.9 cm³/mol. The van der Waals surface area contributed by atoms with E-state index in [1.54, 1.807) is 24.4 Å². The highest BCUT2D eigenvalue weighted by atomic mass is 35.5. The van der Waals surface area contributed by atoms with Crippen LogP contribution in [0.5, 0.6) is 0 Å². The van der Waals surface area contributed by atoms with Gasteiger partial charge in [-0.15, -0.1) is 0 Å². The first-order valence-electron chi connectivity index (χ1n) is 7.81. The van der Waals surface area contributed by atoms with Gasteiger partial charge in [0, 0.05) is 18.4 Å². The average molecular weight is 361 g/mol. The maximum absolute atomic E-state index is 11.9. The zero-order chi connectivity index (χ0) is 17.6. The van der Waals surface area contributed by atoms with Crippen molar-refractivity contribution in [2.24, 2.45) is 0 Å². The molecule has 3 aromatic rings. The van der Waals surface area contributed by atoms with Gasteiger partial charge in [0.25, 0.3) is 0 Å². The average Bonchev–Trinajstić information content (AvgIpc) is 3.30. The second kappa shape index (κ2) is 8.00. The lowest BCUT2D eigenvalue weighted by molar-refractivity contribution is -0.121. The summed E-state index contributed by atoms with van der Waals surface area (Å²) in [6.45, 7) is 0.0861. The monoisotopic (exact) mass is 360 g/mol. The molecule has 2 N–H and O–H groups in total. The number of hydrogen-bond acceptors (Lipinski definition) is 5. The lowest BCUT2D eigenvalue weighted by atomic mass is 10.2. The fourth-order valence-electron chi connectivity index (χ4n) is 2.31. The number of aliphatic hydroxyl groups excluding tert-OH is 1. The van der Waals surface area contributed by atoms with Crippen LogP contribution in [0.1, 0.15) is 24.2 Å². The smallest absolute Gasteiger partial charge is 0.220 e. The van der Waals surface area contributed by atoms with E-state index < -0.39 is 6.10 Å². The number of carbonyl (C=O) groups is 1. The molecule has 0 aliphatic carbocycles. The Morgan fingerprint density at radius 3 is 2.88 bits per heavy atom. The third kappa shape index (κ3) is 4.49. The number of nitrogens with one attached hydrogen (secondary N) is 1. The van der Waals surface area contributed by atoms with Crippen molar-refractivity contribution in [3.8, 4) is 11.3 Å². The normalized spacial score (nSPS) is 12.1. The second-order valence-electron chi connectivity index (χ2n) is 5.43. The highest BCUT2D eigenvalue weighted by molar-refractivity contribution is 6.33. The molecule has 2 heterocycles. The van der Waals surface area contributed by atoms with Crippen LogP contribution in [0.15, 0.2) is 57.7 Å². The van der Waals surface area contributed by atoms with Crippen LogP contribution in [0.4, 0.5) is 0 Å². The fourth-order valence-corrected chi connectivity index (χ4v) is 2.54. The number of furan rings is 1. The number of halogens is 1. The van der Waals surface area contributed by atoms with Crippen LogP contribution in [0, 0.1) is 0 Å². The molecule has 0 saturated carbocycles. The van der Waals surface area contributed by atoms with Gasteiger partial charge in [0.05, 0.1) is 24.0 Å². The summed E-state index contributed by atoms with van der Waals surface area (Å²) in [6.07, 6.45) is 2.75. The topological polar surface area (TPSA) is 88.5 Å². The zero-order valence-electron chi connectivity index (χ0n) is 13.3. The first-order valence-corrected chi connectivity index (χ1v) is 8.19. The summed E-state index contributed by atoms with van der Waals surface area (Å²) in [5.41, 5.74) is 0.758. The zero-order valence-corrected chi connectivity index (χ0v) is 14.1. The van der Waals surface area contributed by atoms with Crippen molar-refractivity contribution in [2.75, 3.05) is 6.54 Å². The quantitative estimate of drug-likeness (QED) is 0.674. The minimum absolute atomic E-state index is 0.0861. The van der Waals surface area contributed by atoms with Crippen molar-refractivity contribution in [1.29, 1.82) is 0 Å². The Bertz CT molecular complexity index is 829. The maximum atomic E-state index is 11.9. The van der Waals surface area contributed by atoms with E-state index in [1.165, 1.54) is 6.26 Å². The highest BCUT2D eigenvalue weighted by Crippen LogP contribution is 2.28. The van der Waals surface area contributed by atoms with E-state index in [0.29, 0.717) is 28.9 Å². The van der Waals surface area contributed by atoms with Gasteiger partial charge in [0.15, 0.2) is 11.7 Å². The number of oxazole rings is 1. The van der Waals surface area contributed by atoms with Crippen molar-refractivity contribution in [1.82, 2.24) is 10.3 Å². The lowest BCUT2D eigenvalue weighted by Gasteiger charge is -2.09. The van der Waals surface area contributed by atoms with E-state index in [9.17, 15) is 9.90 Å². The molecule has 0 radical (unpaired) electrons. The molecule has 1 unspecified atom stereocenters. The molecule has 0 aliphatic rings. The minimum atomic E-state index is -0.868. The first-order chi connectivity index (χ1) is 12.1. The van der Waals surface area contributed by atoms with Gasteiger partial charge in [-0.25, -0.2) is 4.98 Å². The number of aromatic nitrogens is 1. The van der Waals surface area contributed by atoms with E-state index in [0.717, 1.165) is 5.56 Å². The Morgan fingerprint density at radius 1 is 1.28 bits per heavy atom. The second-order valence-corrected chi connectivity index (χ2v) is 5.84. The molecular weight excluding hydrogens is 344 g/mol. The molecule has 1 atom stereocenters. The third-order valence-electron chi connectivity index (χ3n) is 3.62. The first kappa shape index (κ1) is 17.3.